The van der Waals surface area contributed by atoms with Crippen LogP contribution < -0.4 is 0 Å². The second kappa shape index (κ2) is 6.37. The number of aryl methyl sites for hydroxylation is 2. The van der Waals surface area contributed by atoms with Crippen molar-refractivity contribution in [2.24, 2.45) is 13.0 Å². The SMILES string of the molecule is Cc1nn(C)cc1C(=O)N1C[C@@H](c2cccc(F)c2F)[C@@H]2[C@H]1C1CCN2CC1. The summed E-state index contributed by atoms with van der Waals surface area (Å²) >= 11 is 0. The summed E-state index contributed by atoms with van der Waals surface area (Å²) in [5, 5.41) is 4.31. The molecule has 2 bridgehead atoms. The molecule has 0 aliphatic carbocycles. The average molecular weight is 386 g/mol. The molecule has 5 heterocycles. The molecular formula is C21H24F2N4O. The van der Waals surface area contributed by atoms with Gasteiger partial charge in [-0.25, -0.2) is 8.78 Å². The molecule has 1 amide bonds. The fourth-order valence-electron chi connectivity index (χ4n) is 5.70. The van der Waals surface area contributed by atoms with Crippen molar-refractivity contribution in [1.82, 2.24) is 19.6 Å². The third kappa shape index (κ3) is 2.52. The van der Waals surface area contributed by atoms with Crippen LogP contribution in [0.2, 0.25) is 0 Å². The average Bonchev–Trinajstić information content (AvgIpc) is 3.26. The Kier molecular flexibility index (Phi) is 4.05. The summed E-state index contributed by atoms with van der Waals surface area (Å²) in [6, 6.07) is 4.48. The van der Waals surface area contributed by atoms with Crippen molar-refractivity contribution in [3.05, 3.63) is 52.9 Å². The second-order valence-corrected chi connectivity index (χ2v) is 8.36. The van der Waals surface area contributed by atoms with Gasteiger partial charge in [-0.2, -0.15) is 5.10 Å². The number of nitrogens with zero attached hydrogens (tertiary/aromatic N) is 4. The lowest BCUT2D eigenvalue weighted by Crippen LogP contribution is -2.60. The fourth-order valence-corrected chi connectivity index (χ4v) is 5.70. The van der Waals surface area contributed by atoms with Gasteiger partial charge in [-0.1, -0.05) is 12.1 Å². The van der Waals surface area contributed by atoms with E-state index in [0.29, 0.717) is 29.3 Å². The number of fused-ring (bicyclic) bond motifs is 2. The number of benzene rings is 1. The zero-order valence-corrected chi connectivity index (χ0v) is 16.1. The van der Waals surface area contributed by atoms with Crippen molar-refractivity contribution in [3.8, 4) is 0 Å². The Morgan fingerprint density at radius 1 is 1.18 bits per heavy atom. The first-order chi connectivity index (χ1) is 13.5. The van der Waals surface area contributed by atoms with E-state index in [1.165, 1.54) is 0 Å². The highest BCUT2D eigenvalue weighted by Crippen LogP contribution is 2.47. The number of carbonyl (C=O) groups is 1. The number of amides is 1. The van der Waals surface area contributed by atoms with Crippen molar-refractivity contribution in [2.45, 2.75) is 37.8 Å². The molecule has 4 aliphatic rings. The summed E-state index contributed by atoms with van der Waals surface area (Å²) < 4.78 is 30.3. The first kappa shape index (κ1) is 17.8. The number of halogens is 2. The van der Waals surface area contributed by atoms with Gasteiger partial charge < -0.3 is 4.90 Å². The van der Waals surface area contributed by atoms with E-state index in [-0.39, 0.29) is 23.9 Å². The molecule has 6 rings (SSSR count). The van der Waals surface area contributed by atoms with E-state index in [1.54, 1.807) is 30.1 Å². The molecule has 1 aromatic heterocycles. The molecule has 0 unspecified atom stereocenters. The zero-order valence-electron chi connectivity index (χ0n) is 16.1. The normalized spacial score (nSPS) is 31.3. The maximum Gasteiger partial charge on any atom is 0.257 e. The molecule has 28 heavy (non-hydrogen) atoms. The third-order valence-corrected chi connectivity index (χ3v) is 6.88. The molecule has 148 valence electrons. The summed E-state index contributed by atoms with van der Waals surface area (Å²) in [5.74, 6) is -1.45. The molecule has 0 spiro atoms. The molecule has 2 aromatic rings. The summed E-state index contributed by atoms with van der Waals surface area (Å²) in [6.07, 6.45) is 3.86. The van der Waals surface area contributed by atoms with Gasteiger partial charge in [0.25, 0.3) is 5.91 Å². The van der Waals surface area contributed by atoms with E-state index in [0.717, 1.165) is 32.0 Å². The van der Waals surface area contributed by atoms with Crippen molar-refractivity contribution < 1.29 is 13.6 Å². The number of carbonyl (C=O) groups excluding carboxylic acids is 1. The minimum atomic E-state index is -0.821. The topological polar surface area (TPSA) is 41.4 Å². The molecule has 4 fully saturated rings. The molecule has 7 heteroatoms. The van der Waals surface area contributed by atoms with E-state index in [4.69, 9.17) is 0 Å². The molecule has 0 radical (unpaired) electrons. The van der Waals surface area contributed by atoms with Crippen LogP contribution >= 0.6 is 0 Å². The van der Waals surface area contributed by atoms with Crippen LogP contribution in [0, 0.1) is 24.5 Å². The summed E-state index contributed by atoms with van der Waals surface area (Å²) in [7, 11) is 1.80. The van der Waals surface area contributed by atoms with Crippen molar-refractivity contribution >= 4 is 5.91 Å². The molecule has 5 nitrogen and oxygen atoms in total. The van der Waals surface area contributed by atoms with Gasteiger partial charge in [-0.15, -0.1) is 0 Å². The van der Waals surface area contributed by atoms with Crippen LogP contribution in [-0.2, 0) is 7.05 Å². The van der Waals surface area contributed by atoms with Gasteiger partial charge in [-0.3, -0.25) is 14.4 Å². The number of aromatic nitrogens is 2. The maximum absolute atomic E-state index is 14.7. The molecule has 0 saturated carbocycles. The number of hydrogen-bond donors (Lipinski definition) is 0. The van der Waals surface area contributed by atoms with Gasteiger partial charge in [0, 0.05) is 31.7 Å². The third-order valence-electron chi connectivity index (χ3n) is 6.88. The summed E-state index contributed by atoms with van der Waals surface area (Å²) in [5.41, 5.74) is 1.68. The largest absolute Gasteiger partial charge is 0.333 e. The Bertz CT molecular complexity index is 934. The van der Waals surface area contributed by atoms with Crippen molar-refractivity contribution in [3.63, 3.8) is 0 Å². The quantitative estimate of drug-likeness (QED) is 0.797. The minimum Gasteiger partial charge on any atom is -0.333 e. The second-order valence-electron chi connectivity index (χ2n) is 8.36. The Hall–Kier alpha value is -2.28. The van der Waals surface area contributed by atoms with Crippen molar-refractivity contribution in [1.29, 1.82) is 0 Å². The highest BCUT2D eigenvalue weighted by Gasteiger charge is 2.55. The van der Waals surface area contributed by atoms with Gasteiger partial charge in [0.1, 0.15) is 0 Å². The predicted octanol–water partition coefficient (Wildman–Crippen LogP) is 2.71. The lowest BCUT2D eigenvalue weighted by molar-refractivity contribution is -0.00361. The Balaban J connectivity index is 1.57. The lowest BCUT2D eigenvalue weighted by atomic mass is 9.75. The van der Waals surface area contributed by atoms with Crippen molar-refractivity contribution in [2.75, 3.05) is 19.6 Å². The van der Waals surface area contributed by atoms with Crippen LogP contribution in [0.3, 0.4) is 0 Å². The van der Waals surface area contributed by atoms with Gasteiger partial charge >= 0.3 is 0 Å². The van der Waals surface area contributed by atoms with Gasteiger partial charge in [0.15, 0.2) is 11.6 Å². The molecule has 3 atom stereocenters. The predicted molar refractivity (Wildman–Crippen MR) is 100.0 cm³/mol. The van der Waals surface area contributed by atoms with Gasteiger partial charge in [0.2, 0.25) is 0 Å². The Labute approximate surface area is 162 Å². The van der Waals surface area contributed by atoms with E-state index < -0.39 is 11.6 Å². The van der Waals surface area contributed by atoms with Crippen LogP contribution in [-0.4, -0.2) is 57.2 Å². The molecule has 0 N–H and O–H groups in total. The summed E-state index contributed by atoms with van der Waals surface area (Å²) in [6.45, 7) is 4.18. The van der Waals surface area contributed by atoms with E-state index in [9.17, 15) is 13.6 Å². The number of likely N-dealkylation sites (tertiary alicyclic amines) is 1. The fraction of sp³-hybridized carbons (Fsp3) is 0.524. The lowest BCUT2D eigenvalue weighted by Gasteiger charge is -2.51. The molecule has 1 aromatic carbocycles. The number of rotatable bonds is 2. The first-order valence-electron chi connectivity index (χ1n) is 9.95. The maximum atomic E-state index is 14.7. The van der Waals surface area contributed by atoms with Crippen LogP contribution in [0.1, 0.15) is 40.4 Å². The molecular weight excluding hydrogens is 362 g/mol. The van der Waals surface area contributed by atoms with Crippen LogP contribution in [0.15, 0.2) is 24.4 Å². The summed E-state index contributed by atoms with van der Waals surface area (Å²) in [4.78, 5) is 17.7. The Morgan fingerprint density at radius 2 is 1.93 bits per heavy atom. The smallest absolute Gasteiger partial charge is 0.257 e. The van der Waals surface area contributed by atoms with E-state index in [1.807, 2.05) is 11.8 Å². The molecule has 4 saturated heterocycles. The minimum absolute atomic E-state index is 0.0438. The van der Waals surface area contributed by atoms with E-state index in [2.05, 4.69) is 10.00 Å². The van der Waals surface area contributed by atoms with E-state index >= 15 is 0 Å². The zero-order chi connectivity index (χ0) is 19.6. The van der Waals surface area contributed by atoms with Gasteiger partial charge in [-0.05, 0) is 50.4 Å². The monoisotopic (exact) mass is 386 g/mol. The standard InChI is InChI=1S/C21H24F2N4O/c1-12-15(10-25(2)24-12)21(28)27-11-16(14-4-3-5-17(22)18(14)23)20-19(27)13-6-8-26(20)9-7-13/h3-5,10,13,16,19-20H,6-9,11H2,1-2H3/t16-,19+,20+/m0/s1. The first-order valence-corrected chi connectivity index (χ1v) is 9.95. The Morgan fingerprint density at radius 3 is 2.61 bits per heavy atom. The highest BCUT2D eigenvalue weighted by molar-refractivity contribution is 5.95. The van der Waals surface area contributed by atoms with Gasteiger partial charge in [0.05, 0.1) is 17.3 Å². The highest BCUT2D eigenvalue weighted by atomic mass is 19.2. The van der Waals surface area contributed by atoms with Crippen LogP contribution in [0.25, 0.3) is 0 Å². The van der Waals surface area contributed by atoms with Crippen LogP contribution in [0.5, 0.6) is 0 Å². The van der Waals surface area contributed by atoms with Crippen LogP contribution in [0.4, 0.5) is 8.78 Å². The number of hydrogen-bond acceptors (Lipinski definition) is 3. The number of piperidine rings is 3. The molecule has 4 aliphatic heterocycles.